The van der Waals surface area contributed by atoms with Gasteiger partial charge in [0.05, 0.1) is 6.20 Å². The maximum atomic E-state index is 3.89. The minimum Gasteiger partial charge on any atom is -0.309 e. The summed E-state index contributed by atoms with van der Waals surface area (Å²) in [4.78, 5) is 0. The molecule has 0 aliphatic carbocycles. The third kappa shape index (κ3) is 3.18. The second-order valence-corrected chi connectivity index (χ2v) is 4.25. The molecule has 0 aliphatic heterocycles. The molecule has 0 unspecified atom stereocenters. The lowest BCUT2D eigenvalue weighted by molar-refractivity contribution is 0.693. The first kappa shape index (κ1) is 10.4. The van der Waals surface area contributed by atoms with E-state index in [-0.39, 0.29) is 0 Å². The van der Waals surface area contributed by atoms with Crippen LogP contribution in [0.2, 0.25) is 0 Å². The summed E-state index contributed by atoms with van der Waals surface area (Å²) in [6.45, 7) is 1.71. The van der Waals surface area contributed by atoms with E-state index in [9.17, 15) is 0 Å². The standard InChI is InChI=1S/C11H12BrN3/c12-11-3-1-9(2-4-11)5-13-6-10-7-14-15-8-10/h1-4,7-8,13H,5-6H2,(H,14,15). The summed E-state index contributed by atoms with van der Waals surface area (Å²) in [5.74, 6) is 0. The summed E-state index contributed by atoms with van der Waals surface area (Å²) in [7, 11) is 0. The molecule has 0 aliphatic rings. The average molecular weight is 266 g/mol. The Morgan fingerprint density at radius 2 is 1.87 bits per heavy atom. The van der Waals surface area contributed by atoms with E-state index in [1.807, 2.05) is 12.4 Å². The van der Waals surface area contributed by atoms with Crippen LogP contribution in [0.3, 0.4) is 0 Å². The van der Waals surface area contributed by atoms with Gasteiger partial charge in [0.15, 0.2) is 0 Å². The number of hydrogen-bond acceptors (Lipinski definition) is 2. The Hall–Kier alpha value is -1.13. The molecule has 0 bridgehead atoms. The number of H-pyrrole nitrogens is 1. The number of benzene rings is 1. The highest BCUT2D eigenvalue weighted by Gasteiger charge is 1.94. The van der Waals surface area contributed by atoms with Gasteiger partial charge in [-0.3, -0.25) is 5.10 Å². The largest absolute Gasteiger partial charge is 0.309 e. The normalized spacial score (nSPS) is 10.5. The predicted molar refractivity (Wildman–Crippen MR) is 63.3 cm³/mol. The van der Waals surface area contributed by atoms with Gasteiger partial charge >= 0.3 is 0 Å². The molecule has 0 fully saturated rings. The third-order valence-corrected chi connectivity index (χ3v) is 2.66. The molecule has 1 heterocycles. The van der Waals surface area contributed by atoms with Crippen LogP contribution in [0.25, 0.3) is 0 Å². The molecule has 0 saturated carbocycles. The fourth-order valence-corrected chi connectivity index (χ4v) is 1.59. The van der Waals surface area contributed by atoms with Crippen molar-refractivity contribution in [2.24, 2.45) is 0 Å². The van der Waals surface area contributed by atoms with E-state index in [1.54, 1.807) is 0 Å². The van der Waals surface area contributed by atoms with Crippen molar-refractivity contribution in [1.29, 1.82) is 0 Å². The second-order valence-electron chi connectivity index (χ2n) is 3.34. The summed E-state index contributed by atoms with van der Waals surface area (Å²) >= 11 is 3.41. The molecule has 78 valence electrons. The molecule has 0 spiro atoms. The lowest BCUT2D eigenvalue weighted by Gasteiger charge is -2.03. The van der Waals surface area contributed by atoms with E-state index in [1.165, 1.54) is 11.1 Å². The van der Waals surface area contributed by atoms with Gasteiger partial charge in [0.2, 0.25) is 0 Å². The van der Waals surface area contributed by atoms with Crippen molar-refractivity contribution in [3.63, 3.8) is 0 Å². The quantitative estimate of drug-likeness (QED) is 0.892. The summed E-state index contributed by atoms with van der Waals surface area (Å²) in [5.41, 5.74) is 2.45. The van der Waals surface area contributed by atoms with Crippen molar-refractivity contribution in [2.45, 2.75) is 13.1 Å². The first-order valence-electron chi connectivity index (χ1n) is 4.77. The topological polar surface area (TPSA) is 40.7 Å². The molecular weight excluding hydrogens is 254 g/mol. The number of aromatic nitrogens is 2. The molecule has 4 heteroatoms. The van der Waals surface area contributed by atoms with Gasteiger partial charge in [-0.2, -0.15) is 5.10 Å². The summed E-state index contributed by atoms with van der Waals surface area (Å²) in [6.07, 6.45) is 3.73. The summed E-state index contributed by atoms with van der Waals surface area (Å²) in [6, 6.07) is 8.31. The van der Waals surface area contributed by atoms with Crippen molar-refractivity contribution in [1.82, 2.24) is 15.5 Å². The minimum absolute atomic E-state index is 0.840. The Morgan fingerprint density at radius 3 is 2.53 bits per heavy atom. The molecule has 0 amide bonds. The Labute approximate surface area is 97.0 Å². The van der Waals surface area contributed by atoms with Crippen LogP contribution in [0.15, 0.2) is 41.1 Å². The van der Waals surface area contributed by atoms with E-state index in [0.717, 1.165) is 17.6 Å². The van der Waals surface area contributed by atoms with Crippen molar-refractivity contribution in [3.8, 4) is 0 Å². The van der Waals surface area contributed by atoms with Crippen molar-refractivity contribution >= 4 is 15.9 Å². The fourth-order valence-electron chi connectivity index (χ4n) is 1.33. The fraction of sp³-hybridized carbons (Fsp3) is 0.182. The molecule has 3 nitrogen and oxygen atoms in total. The van der Waals surface area contributed by atoms with Crippen LogP contribution in [0.1, 0.15) is 11.1 Å². The number of halogens is 1. The van der Waals surface area contributed by atoms with Crippen LogP contribution in [0.4, 0.5) is 0 Å². The number of rotatable bonds is 4. The molecule has 1 aromatic carbocycles. The SMILES string of the molecule is Brc1ccc(CNCc2cn[nH]c2)cc1. The smallest absolute Gasteiger partial charge is 0.0532 e. The highest BCUT2D eigenvalue weighted by atomic mass is 79.9. The second kappa shape index (κ2) is 5.09. The van der Waals surface area contributed by atoms with Gasteiger partial charge in [-0.15, -0.1) is 0 Å². The Morgan fingerprint density at radius 1 is 1.13 bits per heavy atom. The predicted octanol–water partition coefficient (Wildman–Crippen LogP) is 2.46. The molecule has 2 rings (SSSR count). The number of hydrogen-bond donors (Lipinski definition) is 2. The van der Waals surface area contributed by atoms with E-state index in [2.05, 4.69) is 55.7 Å². The van der Waals surface area contributed by atoms with Gasteiger partial charge in [0, 0.05) is 29.3 Å². The zero-order chi connectivity index (χ0) is 10.5. The summed E-state index contributed by atoms with van der Waals surface area (Å²) in [5, 5.41) is 10.0. The zero-order valence-corrected chi connectivity index (χ0v) is 9.79. The molecule has 1 aromatic heterocycles. The van der Waals surface area contributed by atoms with E-state index in [0.29, 0.717) is 0 Å². The molecular formula is C11H12BrN3. The Balaban J connectivity index is 1.81. The maximum absolute atomic E-state index is 3.89. The van der Waals surface area contributed by atoms with E-state index in [4.69, 9.17) is 0 Å². The van der Waals surface area contributed by atoms with Gasteiger partial charge < -0.3 is 5.32 Å². The highest BCUT2D eigenvalue weighted by molar-refractivity contribution is 9.10. The van der Waals surface area contributed by atoms with Crippen LogP contribution in [0.5, 0.6) is 0 Å². The van der Waals surface area contributed by atoms with Gasteiger partial charge in [-0.1, -0.05) is 28.1 Å². The number of aromatic amines is 1. The van der Waals surface area contributed by atoms with Crippen LogP contribution < -0.4 is 5.32 Å². The van der Waals surface area contributed by atoms with Crippen LogP contribution in [0, 0.1) is 0 Å². The maximum Gasteiger partial charge on any atom is 0.0532 e. The van der Waals surface area contributed by atoms with Crippen LogP contribution in [-0.4, -0.2) is 10.2 Å². The summed E-state index contributed by atoms with van der Waals surface area (Å²) < 4.78 is 1.11. The lowest BCUT2D eigenvalue weighted by atomic mass is 10.2. The third-order valence-electron chi connectivity index (χ3n) is 2.13. The molecule has 15 heavy (non-hydrogen) atoms. The Bertz CT molecular complexity index is 394. The molecule has 2 N–H and O–H groups in total. The van der Waals surface area contributed by atoms with Crippen molar-refractivity contribution < 1.29 is 0 Å². The molecule has 2 aromatic rings. The van der Waals surface area contributed by atoms with Gasteiger partial charge in [-0.05, 0) is 17.7 Å². The van der Waals surface area contributed by atoms with Crippen molar-refractivity contribution in [2.75, 3.05) is 0 Å². The molecule has 0 radical (unpaired) electrons. The minimum atomic E-state index is 0.840. The lowest BCUT2D eigenvalue weighted by Crippen LogP contribution is -2.11. The van der Waals surface area contributed by atoms with Crippen LogP contribution >= 0.6 is 15.9 Å². The van der Waals surface area contributed by atoms with Gasteiger partial charge in [0.1, 0.15) is 0 Å². The monoisotopic (exact) mass is 265 g/mol. The molecule has 0 atom stereocenters. The Kier molecular flexibility index (Phi) is 3.53. The number of nitrogens with zero attached hydrogens (tertiary/aromatic N) is 1. The van der Waals surface area contributed by atoms with E-state index < -0.39 is 0 Å². The first-order valence-corrected chi connectivity index (χ1v) is 5.57. The molecule has 0 saturated heterocycles. The van der Waals surface area contributed by atoms with Crippen molar-refractivity contribution in [3.05, 3.63) is 52.3 Å². The van der Waals surface area contributed by atoms with Crippen LogP contribution in [-0.2, 0) is 13.1 Å². The first-order chi connectivity index (χ1) is 7.34. The highest BCUT2D eigenvalue weighted by Crippen LogP contribution is 2.10. The van der Waals surface area contributed by atoms with Gasteiger partial charge in [0.25, 0.3) is 0 Å². The van der Waals surface area contributed by atoms with Gasteiger partial charge in [-0.25, -0.2) is 0 Å². The average Bonchev–Trinajstić information content (AvgIpc) is 2.74. The van der Waals surface area contributed by atoms with E-state index >= 15 is 0 Å². The number of nitrogens with one attached hydrogen (secondary N) is 2. The zero-order valence-electron chi connectivity index (χ0n) is 8.20.